The van der Waals surface area contributed by atoms with Gasteiger partial charge in [-0.2, -0.15) is 0 Å². The van der Waals surface area contributed by atoms with Crippen LogP contribution in [0.1, 0.15) is 24.0 Å². The van der Waals surface area contributed by atoms with Crippen molar-refractivity contribution in [1.29, 1.82) is 0 Å². The van der Waals surface area contributed by atoms with Crippen LogP contribution in [0.25, 0.3) is 0 Å². The molecule has 3 rings (SSSR count). The second kappa shape index (κ2) is 5.09. The molecule has 1 aliphatic carbocycles. The van der Waals surface area contributed by atoms with E-state index >= 15 is 0 Å². The summed E-state index contributed by atoms with van der Waals surface area (Å²) in [6.07, 6.45) is 7.05. The Kier molecular flexibility index (Phi) is 3.28. The second-order valence-corrected chi connectivity index (χ2v) is 5.34. The lowest BCUT2D eigenvalue weighted by Gasteiger charge is -2.13. The molecule has 1 aliphatic rings. The zero-order valence-corrected chi connectivity index (χ0v) is 11.2. The van der Waals surface area contributed by atoms with Gasteiger partial charge in [-0.25, -0.2) is 4.98 Å². The summed E-state index contributed by atoms with van der Waals surface area (Å²) in [6.45, 7) is 1.27. The van der Waals surface area contributed by atoms with Gasteiger partial charge >= 0.3 is 0 Å². The molecule has 1 fully saturated rings. The fourth-order valence-corrected chi connectivity index (χ4v) is 2.17. The molecule has 0 saturated heterocycles. The number of carbonyl (C=O) groups excluding carboxylic acids is 1. The van der Waals surface area contributed by atoms with Crippen LogP contribution in [0.5, 0.6) is 0 Å². The summed E-state index contributed by atoms with van der Waals surface area (Å²) in [5.41, 5.74) is 7.55. The number of carbonyl (C=O) groups is 1. The van der Waals surface area contributed by atoms with E-state index in [0.717, 1.165) is 24.9 Å². The zero-order valence-electron chi connectivity index (χ0n) is 11.2. The van der Waals surface area contributed by atoms with Crippen LogP contribution in [-0.4, -0.2) is 21.0 Å². The van der Waals surface area contributed by atoms with Crippen molar-refractivity contribution in [1.82, 2.24) is 14.9 Å². The third kappa shape index (κ3) is 2.72. The quantitative estimate of drug-likeness (QED) is 0.852. The molecule has 3 N–H and O–H groups in total. The highest BCUT2D eigenvalue weighted by Crippen LogP contribution is 2.32. The van der Waals surface area contributed by atoms with Crippen LogP contribution in [0, 0.1) is 0 Å². The maximum Gasteiger partial charge on any atom is 0.240 e. The van der Waals surface area contributed by atoms with Crippen molar-refractivity contribution >= 4 is 5.91 Å². The fourth-order valence-electron chi connectivity index (χ4n) is 2.17. The lowest BCUT2D eigenvalue weighted by Crippen LogP contribution is -2.42. The van der Waals surface area contributed by atoms with E-state index in [4.69, 9.17) is 5.73 Å². The first kappa shape index (κ1) is 12.9. The third-order valence-electron chi connectivity index (χ3n) is 3.71. The van der Waals surface area contributed by atoms with Gasteiger partial charge in [0.2, 0.25) is 5.91 Å². The normalized spacial score (nSPS) is 15.8. The number of nitrogens with two attached hydrogens (primary N) is 1. The monoisotopic (exact) mass is 270 g/mol. The summed E-state index contributed by atoms with van der Waals surface area (Å²) in [7, 11) is 0. The molecule has 0 atom stereocenters. The number of rotatable bonds is 5. The molecule has 1 amide bonds. The van der Waals surface area contributed by atoms with Gasteiger partial charge in [0.1, 0.15) is 0 Å². The molecule has 5 nitrogen and oxygen atoms in total. The van der Waals surface area contributed by atoms with E-state index in [0.29, 0.717) is 6.54 Å². The number of nitrogens with one attached hydrogen (secondary N) is 1. The topological polar surface area (TPSA) is 72.9 Å². The molecule has 5 heteroatoms. The summed E-state index contributed by atoms with van der Waals surface area (Å²) in [5.74, 6) is -0.0464. The first-order chi connectivity index (χ1) is 9.67. The number of hydrogen-bond donors (Lipinski definition) is 2. The molecule has 1 saturated carbocycles. The Bertz CT molecular complexity index is 602. The fraction of sp³-hybridized carbons (Fsp3) is 0.333. The van der Waals surface area contributed by atoms with Crippen LogP contribution in [0.4, 0.5) is 0 Å². The summed E-state index contributed by atoms with van der Waals surface area (Å²) in [4.78, 5) is 15.9. The van der Waals surface area contributed by atoms with Crippen molar-refractivity contribution in [2.75, 3.05) is 0 Å². The Labute approximate surface area is 117 Å². The molecule has 0 aliphatic heterocycles. The minimum atomic E-state index is -0.612. The SMILES string of the molecule is NC1(C(=O)NCc2ccccc2Cn2ccnc2)CC1. The standard InChI is InChI=1S/C15H18N4O/c16-15(5-6-15)14(20)18-9-12-3-1-2-4-13(12)10-19-8-7-17-11-19/h1-4,7-8,11H,5-6,9-10,16H2,(H,18,20). The molecule has 0 unspecified atom stereocenters. The van der Waals surface area contributed by atoms with Crippen molar-refractivity contribution in [3.8, 4) is 0 Å². The van der Waals surface area contributed by atoms with Crippen molar-refractivity contribution in [2.45, 2.75) is 31.5 Å². The predicted molar refractivity (Wildman–Crippen MR) is 75.8 cm³/mol. The van der Waals surface area contributed by atoms with Crippen LogP contribution >= 0.6 is 0 Å². The zero-order chi connectivity index (χ0) is 14.0. The van der Waals surface area contributed by atoms with Gasteiger partial charge in [-0.05, 0) is 24.0 Å². The third-order valence-corrected chi connectivity index (χ3v) is 3.71. The Morgan fingerprint density at radius 1 is 1.35 bits per heavy atom. The van der Waals surface area contributed by atoms with Gasteiger partial charge in [-0.1, -0.05) is 24.3 Å². The van der Waals surface area contributed by atoms with E-state index in [1.807, 2.05) is 29.0 Å². The highest BCUT2D eigenvalue weighted by molar-refractivity contribution is 5.88. The van der Waals surface area contributed by atoms with E-state index in [2.05, 4.69) is 16.4 Å². The molecular formula is C15H18N4O. The number of benzene rings is 1. The van der Waals surface area contributed by atoms with E-state index in [9.17, 15) is 4.79 Å². The smallest absolute Gasteiger partial charge is 0.240 e. The lowest BCUT2D eigenvalue weighted by molar-refractivity contribution is -0.123. The van der Waals surface area contributed by atoms with E-state index in [-0.39, 0.29) is 5.91 Å². The van der Waals surface area contributed by atoms with Crippen molar-refractivity contribution < 1.29 is 4.79 Å². The minimum Gasteiger partial charge on any atom is -0.350 e. The molecular weight excluding hydrogens is 252 g/mol. The van der Waals surface area contributed by atoms with Crippen molar-refractivity contribution in [3.63, 3.8) is 0 Å². The summed E-state index contributed by atoms with van der Waals surface area (Å²) < 4.78 is 2.01. The molecule has 0 radical (unpaired) electrons. The molecule has 1 aromatic carbocycles. The molecule has 104 valence electrons. The van der Waals surface area contributed by atoms with Gasteiger partial charge in [0.15, 0.2) is 0 Å². The van der Waals surface area contributed by atoms with Gasteiger partial charge < -0.3 is 15.6 Å². The van der Waals surface area contributed by atoms with Crippen LogP contribution in [0.15, 0.2) is 43.0 Å². The Morgan fingerprint density at radius 3 is 2.75 bits per heavy atom. The summed E-state index contributed by atoms with van der Waals surface area (Å²) >= 11 is 0. The maximum atomic E-state index is 11.9. The highest BCUT2D eigenvalue weighted by atomic mass is 16.2. The van der Waals surface area contributed by atoms with E-state index < -0.39 is 5.54 Å². The van der Waals surface area contributed by atoms with Gasteiger partial charge in [0, 0.05) is 25.5 Å². The number of nitrogens with zero attached hydrogens (tertiary/aromatic N) is 2. The first-order valence-electron chi connectivity index (χ1n) is 6.77. The summed E-state index contributed by atoms with van der Waals surface area (Å²) in [5, 5.41) is 2.93. The largest absolute Gasteiger partial charge is 0.350 e. The van der Waals surface area contributed by atoms with Gasteiger partial charge in [-0.3, -0.25) is 4.79 Å². The van der Waals surface area contributed by atoms with Gasteiger partial charge in [0.05, 0.1) is 11.9 Å². The van der Waals surface area contributed by atoms with Crippen molar-refractivity contribution in [3.05, 3.63) is 54.1 Å². The predicted octanol–water partition coefficient (Wildman–Crippen LogP) is 1.04. The number of amides is 1. The summed E-state index contributed by atoms with van der Waals surface area (Å²) in [6, 6.07) is 8.08. The first-order valence-corrected chi connectivity index (χ1v) is 6.77. The highest BCUT2D eigenvalue weighted by Gasteiger charge is 2.45. The van der Waals surface area contributed by atoms with Crippen LogP contribution in [-0.2, 0) is 17.9 Å². The number of hydrogen-bond acceptors (Lipinski definition) is 3. The Hall–Kier alpha value is -2.14. The average Bonchev–Trinajstić information content (AvgIpc) is 3.00. The molecule has 1 aromatic heterocycles. The van der Waals surface area contributed by atoms with Crippen LogP contribution in [0.3, 0.4) is 0 Å². The number of aromatic nitrogens is 2. The van der Waals surface area contributed by atoms with Crippen LogP contribution < -0.4 is 11.1 Å². The van der Waals surface area contributed by atoms with Crippen LogP contribution in [0.2, 0.25) is 0 Å². The Morgan fingerprint density at radius 2 is 2.10 bits per heavy atom. The minimum absolute atomic E-state index is 0.0464. The Balaban J connectivity index is 1.68. The molecule has 2 aromatic rings. The van der Waals surface area contributed by atoms with Gasteiger partial charge in [0.25, 0.3) is 0 Å². The molecule has 20 heavy (non-hydrogen) atoms. The second-order valence-electron chi connectivity index (χ2n) is 5.34. The van der Waals surface area contributed by atoms with E-state index in [1.54, 1.807) is 12.5 Å². The number of imidazole rings is 1. The van der Waals surface area contributed by atoms with Crippen molar-refractivity contribution in [2.24, 2.45) is 5.73 Å². The lowest BCUT2D eigenvalue weighted by atomic mass is 10.1. The molecule has 1 heterocycles. The average molecular weight is 270 g/mol. The maximum absolute atomic E-state index is 11.9. The molecule has 0 bridgehead atoms. The van der Waals surface area contributed by atoms with Gasteiger partial charge in [-0.15, -0.1) is 0 Å². The van der Waals surface area contributed by atoms with E-state index in [1.165, 1.54) is 5.56 Å². The molecule has 0 spiro atoms.